The molecule has 0 bridgehead atoms. The van der Waals surface area contributed by atoms with Gasteiger partial charge in [-0.1, -0.05) is 11.6 Å². The van der Waals surface area contributed by atoms with Gasteiger partial charge < -0.3 is 10.2 Å². The normalized spacial score (nSPS) is 10.9. The summed E-state index contributed by atoms with van der Waals surface area (Å²) in [4.78, 5) is 14.2. The lowest BCUT2D eigenvalue weighted by molar-refractivity contribution is -0.384. The first-order valence-electron chi connectivity index (χ1n) is 5.92. The molecule has 0 heterocycles. The summed E-state index contributed by atoms with van der Waals surface area (Å²) in [6, 6.07) is 8.23. The third-order valence-electron chi connectivity index (χ3n) is 2.76. The first-order chi connectivity index (χ1) is 9.97. The van der Waals surface area contributed by atoms with E-state index in [1.165, 1.54) is 30.5 Å². The Morgan fingerprint density at radius 1 is 1.19 bits per heavy atom. The van der Waals surface area contributed by atoms with Gasteiger partial charge in [0.15, 0.2) is 0 Å². The number of phenols is 2. The lowest BCUT2D eigenvalue weighted by Crippen LogP contribution is -1.91. The van der Waals surface area contributed by atoms with Crippen LogP contribution < -0.4 is 0 Å². The predicted octanol–water partition coefficient (Wildman–Crippen LogP) is 3.28. The molecule has 0 aromatic heterocycles. The van der Waals surface area contributed by atoms with Crippen molar-refractivity contribution in [3.63, 3.8) is 0 Å². The van der Waals surface area contributed by atoms with Gasteiger partial charge in [-0.05, 0) is 24.3 Å². The molecule has 0 aliphatic carbocycles. The standard InChI is InChI=1S/C14H11ClN2O4/c15-11-1-3-13(18)9(5-11)7-16-8-10-6-12(17(20)21)2-4-14(10)19/h1-6,8,18-19H,7H2. The van der Waals surface area contributed by atoms with Crippen LogP contribution in [0.2, 0.25) is 5.02 Å². The number of phenolic OH excluding ortho intramolecular Hbond substituents is 2. The summed E-state index contributed by atoms with van der Waals surface area (Å²) in [5.74, 6) is -0.0560. The Balaban J connectivity index is 2.20. The van der Waals surface area contributed by atoms with Crippen LogP contribution in [0.25, 0.3) is 0 Å². The van der Waals surface area contributed by atoms with Gasteiger partial charge in [0.1, 0.15) is 11.5 Å². The van der Waals surface area contributed by atoms with Crippen LogP contribution in [-0.2, 0) is 6.54 Å². The molecule has 0 aliphatic heterocycles. The molecule has 0 saturated heterocycles. The van der Waals surface area contributed by atoms with Crippen LogP contribution in [0.1, 0.15) is 11.1 Å². The molecule has 2 rings (SSSR count). The van der Waals surface area contributed by atoms with Gasteiger partial charge in [0.25, 0.3) is 5.69 Å². The third kappa shape index (κ3) is 3.70. The molecular formula is C14H11ClN2O4. The molecule has 108 valence electrons. The van der Waals surface area contributed by atoms with Crippen LogP contribution in [-0.4, -0.2) is 21.4 Å². The minimum Gasteiger partial charge on any atom is -0.508 e. The number of nitrogens with zero attached hydrogens (tertiary/aromatic N) is 2. The van der Waals surface area contributed by atoms with E-state index >= 15 is 0 Å². The molecule has 0 radical (unpaired) electrons. The van der Waals surface area contributed by atoms with E-state index in [0.29, 0.717) is 10.6 Å². The quantitative estimate of drug-likeness (QED) is 0.514. The van der Waals surface area contributed by atoms with Gasteiger partial charge in [-0.15, -0.1) is 0 Å². The van der Waals surface area contributed by atoms with Crippen LogP contribution in [0.3, 0.4) is 0 Å². The Hall–Kier alpha value is -2.60. The van der Waals surface area contributed by atoms with E-state index in [1.54, 1.807) is 12.1 Å². The summed E-state index contributed by atoms with van der Waals surface area (Å²) < 4.78 is 0. The van der Waals surface area contributed by atoms with Crippen molar-refractivity contribution in [1.82, 2.24) is 0 Å². The Bertz CT molecular complexity index is 716. The molecule has 0 unspecified atom stereocenters. The zero-order valence-electron chi connectivity index (χ0n) is 10.7. The first kappa shape index (κ1) is 14.8. The molecule has 0 aliphatic rings. The van der Waals surface area contributed by atoms with Gasteiger partial charge in [0, 0.05) is 34.5 Å². The average molecular weight is 307 g/mol. The number of non-ortho nitro benzene ring substituents is 1. The summed E-state index contributed by atoms with van der Waals surface area (Å²) in [6.45, 7) is 0.133. The van der Waals surface area contributed by atoms with Crippen molar-refractivity contribution >= 4 is 23.5 Å². The molecule has 0 spiro atoms. The average Bonchev–Trinajstić information content (AvgIpc) is 2.44. The maximum Gasteiger partial charge on any atom is 0.270 e. The highest BCUT2D eigenvalue weighted by molar-refractivity contribution is 6.30. The maximum absolute atomic E-state index is 10.7. The minimum atomic E-state index is -0.556. The molecule has 21 heavy (non-hydrogen) atoms. The van der Waals surface area contributed by atoms with Crippen molar-refractivity contribution in [2.45, 2.75) is 6.54 Å². The van der Waals surface area contributed by atoms with Crippen molar-refractivity contribution < 1.29 is 15.1 Å². The van der Waals surface area contributed by atoms with Gasteiger partial charge >= 0.3 is 0 Å². The van der Waals surface area contributed by atoms with Gasteiger partial charge in [-0.2, -0.15) is 0 Å². The van der Waals surface area contributed by atoms with E-state index in [1.807, 2.05) is 0 Å². The van der Waals surface area contributed by atoms with Gasteiger partial charge in [0.05, 0.1) is 11.5 Å². The van der Waals surface area contributed by atoms with E-state index in [4.69, 9.17) is 11.6 Å². The monoisotopic (exact) mass is 306 g/mol. The van der Waals surface area contributed by atoms with Crippen molar-refractivity contribution in [3.8, 4) is 11.5 Å². The van der Waals surface area contributed by atoms with E-state index in [9.17, 15) is 20.3 Å². The van der Waals surface area contributed by atoms with Gasteiger partial charge in [-0.3, -0.25) is 15.1 Å². The Morgan fingerprint density at radius 2 is 1.90 bits per heavy atom. The van der Waals surface area contributed by atoms with Gasteiger partial charge in [0.2, 0.25) is 0 Å². The van der Waals surface area contributed by atoms with Crippen LogP contribution >= 0.6 is 11.6 Å². The number of hydrogen-bond acceptors (Lipinski definition) is 5. The fraction of sp³-hybridized carbons (Fsp3) is 0.0714. The lowest BCUT2D eigenvalue weighted by atomic mass is 10.2. The van der Waals surface area contributed by atoms with Crippen molar-refractivity contribution in [2.24, 2.45) is 4.99 Å². The smallest absolute Gasteiger partial charge is 0.270 e. The molecule has 2 aromatic carbocycles. The highest BCUT2D eigenvalue weighted by Gasteiger charge is 2.08. The van der Waals surface area contributed by atoms with Crippen molar-refractivity contribution in [3.05, 3.63) is 62.7 Å². The Morgan fingerprint density at radius 3 is 2.62 bits per heavy atom. The molecule has 0 amide bonds. The molecule has 7 heteroatoms. The van der Waals surface area contributed by atoms with Crippen molar-refractivity contribution in [1.29, 1.82) is 0 Å². The number of nitro benzene ring substituents is 1. The molecule has 6 nitrogen and oxygen atoms in total. The summed E-state index contributed by atoms with van der Waals surface area (Å²) in [5, 5.41) is 30.4. The highest BCUT2D eigenvalue weighted by atomic mass is 35.5. The fourth-order valence-electron chi connectivity index (χ4n) is 1.68. The van der Waals surface area contributed by atoms with Crippen LogP contribution in [0, 0.1) is 10.1 Å². The summed E-state index contributed by atoms with van der Waals surface area (Å²) in [5.41, 5.74) is 0.606. The summed E-state index contributed by atoms with van der Waals surface area (Å²) in [6.07, 6.45) is 1.31. The lowest BCUT2D eigenvalue weighted by Gasteiger charge is -2.02. The molecule has 2 aromatic rings. The molecular weight excluding hydrogens is 296 g/mol. The van der Waals surface area contributed by atoms with Crippen LogP contribution in [0.5, 0.6) is 11.5 Å². The largest absolute Gasteiger partial charge is 0.508 e. The number of rotatable bonds is 4. The number of aromatic hydroxyl groups is 2. The number of halogens is 1. The van der Waals surface area contributed by atoms with Crippen LogP contribution in [0.4, 0.5) is 5.69 Å². The molecule has 0 saturated carbocycles. The van der Waals surface area contributed by atoms with E-state index in [2.05, 4.69) is 4.99 Å². The highest BCUT2D eigenvalue weighted by Crippen LogP contribution is 2.23. The van der Waals surface area contributed by atoms with Crippen molar-refractivity contribution in [2.75, 3.05) is 0 Å². The topological polar surface area (TPSA) is 96.0 Å². The number of aliphatic imine (C=N–C) groups is 1. The Kier molecular flexibility index (Phi) is 4.39. The minimum absolute atomic E-state index is 0.0554. The zero-order chi connectivity index (χ0) is 15.4. The number of nitro groups is 1. The second-order valence-corrected chi connectivity index (χ2v) is 4.68. The number of hydrogen-bond donors (Lipinski definition) is 2. The molecule has 2 N–H and O–H groups in total. The second kappa shape index (κ2) is 6.23. The maximum atomic E-state index is 10.7. The zero-order valence-corrected chi connectivity index (χ0v) is 11.5. The SMILES string of the molecule is O=[N+]([O-])c1ccc(O)c(C=NCc2cc(Cl)ccc2O)c1. The number of benzene rings is 2. The first-order valence-corrected chi connectivity index (χ1v) is 6.30. The van der Waals surface area contributed by atoms with Gasteiger partial charge in [-0.25, -0.2) is 0 Å². The Labute approximate surface area is 125 Å². The second-order valence-electron chi connectivity index (χ2n) is 4.24. The third-order valence-corrected chi connectivity index (χ3v) is 2.99. The van der Waals surface area contributed by atoms with E-state index < -0.39 is 4.92 Å². The van der Waals surface area contributed by atoms with E-state index in [0.717, 1.165) is 0 Å². The van der Waals surface area contributed by atoms with Crippen LogP contribution in [0.15, 0.2) is 41.4 Å². The molecule has 0 fully saturated rings. The predicted molar refractivity (Wildman–Crippen MR) is 79.2 cm³/mol. The summed E-state index contributed by atoms with van der Waals surface area (Å²) in [7, 11) is 0. The summed E-state index contributed by atoms with van der Waals surface area (Å²) >= 11 is 5.82. The fourth-order valence-corrected chi connectivity index (χ4v) is 1.88. The van der Waals surface area contributed by atoms with E-state index in [-0.39, 0.29) is 29.3 Å². The molecule has 0 atom stereocenters.